The van der Waals surface area contributed by atoms with Crippen molar-refractivity contribution in [3.05, 3.63) is 20.8 Å². The Bertz CT molecular complexity index is 342. The molecule has 1 N–H and O–H groups in total. The van der Waals surface area contributed by atoms with E-state index >= 15 is 0 Å². The molecule has 0 spiro atoms. The molecule has 1 heterocycles. The van der Waals surface area contributed by atoms with Crippen LogP contribution in [-0.2, 0) is 6.42 Å². The topological polar surface area (TPSA) is 12.0 Å². The Hall–Kier alpha value is 0.140. The molecule has 1 aliphatic rings. The molecule has 2 rings (SSSR count). The van der Waals surface area contributed by atoms with Crippen molar-refractivity contribution in [2.75, 3.05) is 13.1 Å². The van der Waals surface area contributed by atoms with E-state index in [1.54, 1.807) is 0 Å². The van der Waals surface area contributed by atoms with Crippen molar-refractivity contribution in [2.24, 2.45) is 5.41 Å². The summed E-state index contributed by atoms with van der Waals surface area (Å²) in [7, 11) is 0. The fourth-order valence-electron chi connectivity index (χ4n) is 2.89. The molecule has 0 bridgehead atoms. The van der Waals surface area contributed by atoms with Gasteiger partial charge in [-0.25, -0.2) is 0 Å². The van der Waals surface area contributed by atoms with Crippen molar-refractivity contribution in [1.29, 1.82) is 0 Å². The molecule has 1 saturated carbocycles. The van der Waals surface area contributed by atoms with Crippen molar-refractivity contribution in [3.8, 4) is 0 Å². The Morgan fingerprint density at radius 2 is 2.18 bits per heavy atom. The van der Waals surface area contributed by atoms with Crippen molar-refractivity contribution >= 4 is 27.3 Å². The van der Waals surface area contributed by atoms with E-state index in [0.717, 1.165) is 6.54 Å². The quantitative estimate of drug-likeness (QED) is 0.756. The summed E-state index contributed by atoms with van der Waals surface area (Å²) in [6.45, 7) is 4.61. The van der Waals surface area contributed by atoms with Crippen molar-refractivity contribution in [1.82, 2.24) is 5.32 Å². The second kappa shape index (κ2) is 6.35. The number of rotatable bonds is 6. The van der Waals surface area contributed by atoms with Crippen molar-refractivity contribution < 1.29 is 0 Å². The van der Waals surface area contributed by atoms with Gasteiger partial charge in [0.15, 0.2) is 0 Å². The molecule has 1 nitrogen and oxygen atoms in total. The fraction of sp³-hybridized carbons (Fsp3) is 0.714. The summed E-state index contributed by atoms with van der Waals surface area (Å²) in [5.41, 5.74) is 0.541. The summed E-state index contributed by atoms with van der Waals surface area (Å²) in [6.07, 6.45) is 8.14. The Morgan fingerprint density at radius 3 is 2.76 bits per heavy atom. The average Bonchev–Trinajstić information content (AvgIpc) is 2.90. The first kappa shape index (κ1) is 13.6. The Balaban J connectivity index is 1.96. The van der Waals surface area contributed by atoms with Crippen LogP contribution in [0.1, 0.15) is 43.9 Å². The third-order valence-electron chi connectivity index (χ3n) is 3.76. The summed E-state index contributed by atoms with van der Waals surface area (Å²) in [4.78, 5) is 1.54. The van der Waals surface area contributed by atoms with E-state index in [0.29, 0.717) is 5.41 Å². The first-order valence-electron chi connectivity index (χ1n) is 6.68. The van der Waals surface area contributed by atoms with E-state index in [1.807, 2.05) is 11.3 Å². The molecule has 0 aliphatic heterocycles. The maximum absolute atomic E-state index is 3.64. The van der Waals surface area contributed by atoms with Gasteiger partial charge in [0.25, 0.3) is 0 Å². The second-order valence-electron chi connectivity index (χ2n) is 5.29. The van der Waals surface area contributed by atoms with Crippen LogP contribution in [0.2, 0.25) is 0 Å². The number of hydrogen-bond donors (Lipinski definition) is 1. The van der Waals surface area contributed by atoms with E-state index in [4.69, 9.17) is 0 Å². The number of hydrogen-bond acceptors (Lipinski definition) is 2. The lowest BCUT2D eigenvalue weighted by atomic mass is 9.82. The molecule has 96 valence electrons. The van der Waals surface area contributed by atoms with Gasteiger partial charge in [-0.1, -0.05) is 19.8 Å². The molecule has 1 aliphatic carbocycles. The minimum absolute atomic E-state index is 0.541. The lowest BCUT2D eigenvalue weighted by molar-refractivity contribution is 0.280. The molecule has 0 unspecified atom stereocenters. The molecular weight excluding hydrogens is 294 g/mol. The molecular formula is C14H22BrNS. The van der Waals surface area contributed by atoms with E-state index in [1.165, 1.54) is 54.4 Å². The molecule has 0 aromatic carbocycles. The van der Waals surface area contributed by atoms with Crippen molar-refractivity contribution in [3.63, 3.8) is 0 Å². The highest BCUT2D eigenvalue weighted by molar-refractivity contribution is 9.10. The van der Waals surface area contributed by atoms with Crippen LogP contribution in [0.5, 0.6) is 0 Å². The minimum atomic E-state index is 0.541. The van der Waals surface area contributed by atoms with E-state index < -0.39 is 0 Å². The SMILES string of the molecule is CCCNCC1(Cc2cc(Br)cs2)CCCC1. The fourth-order valence-corrected chi connectivity index (χ4v) is 4.51. The van der Waals surface area contributed by atoms with E-state index in [-0.39, 0.29) is 0 Å². The molecule has 3 heteroatoms. The largest absolute Gasteiger partial charge is 0.316 e. The summed E-state index contributed by atoms with van der Waals surface area (Å²) >= 11 is 5.46. The monoisotopic (exact) mass is 315 g/mol. The van der Waals surface area contributed by atoms with Crippen LogP contribution in [-0.4, -0.2) is 13.1 Å². The zero-order chi connectivity index (χ0) is 12.1. The third kappa shape index (κ3) is 3.80. The predicted molar refractivity (Wildman–Crippen MR) is 79.8 cm³/mol. The average molecular weight is 316 g/mol. The molecule has 0 amide bonds. The van der Waals surface area contributed by atoms with E-state index in [2.05, 4.69) is 39.6 Å². The van der Waals surface area contributed by atoms with Gasteiger partial charge in [-0.15, -0.1) is 11.3 Å². The van der Waals surface area contributed by atoms with Gasteiger partial charge in [0.2, 0.25) is 0 Å². The third-order valence-corrected chi connectivity index (χ3v) is 5.46. The van der Waals surface area contributed by atoms with Gasteiger partial charge in [0.05, 0.1) is 0 Å². The summed E-state index contributed by atoms with van der Waals surface area (Å²) < 4.78 is 1.24. The summed E-state index contributed by atoms with van der Waals surface area (Å²) in [5, 5.41) is 5.84. The zero-order valence-corrected chi connectivity index (χ0v) is 13.0. The highest BCUT2D eigenvalue weighted by atomic mass is 79.9. The van der Waals surface area contributed by atoms with Crippen LogP contribution in [0.25, 0.3) is 0 Å². The number of thiophene rings is 1. The zero-order valence-electron chi connectivity index (χ0n) is 10.6. The first-order valence-corrected chi connectivity index (χ1v) is 8.35. The van der Waals surface area contributed by atoms with Crippen LogP contribution < -0.4 is 5.32 Å². The highest BCUT2D eigenvalue weighted by Gasteiger charge is 2.33. The van der Waals surface area contributed by atoms with Crippen molar-refractivity contribution in [2.45, 2.75) is 45.4 Å². The van der Waals surface area contributed by atoms with Gasteiger partial charge in [0, 0.05) is 21.3 Å². The lowest BCUT2D eigenvalue weighted by Gasteiger charge is -2.29. The first-order chi connectivity index (χ1) is 8.24. The smallest absolute Gasteiger partial charge is 0.0285 e. The summed E-state index contributed by atoms with van der Waals surface area (Å²) in [5.74, 6) is 0. The maximum atomic E-state index is 3.64. The van der Waals surface area contributed by atoms with Crippen LogP contribution in [0.4, 0.5) is 0 Å². The maximum Gasteiger partial charge on any atom is 0.0285 e. The van der Waals surface area contributed by atoms with Gasteiger partial charge >= 0.3 is 0 Å². The molecule has 17 heavy (non-hydrogen) atoms. The molecule has 0 saturated heterocycles. The van der Waals surface area contributed by atoms with Gasteiger partial charge < -0.3 is 5.32 Å². The molecule has 1 fully saturated rings. The van der Waals surface area contributed by atoms with Crippen LogP contribution >= 0.6 is 27.3 Å². The van der Waals surface area contributed by atoms with Crippen LogP contribution in [0, 0.1) is 5.41 Å². The number of halogens is 1. The molecule has 0 radical (unpaired) electrons. The number of nitrogens with one attached hydrogen (secondary N) is 1. The van der Waals surface area contributed by atoms with Crippen LogP contribution in [0.15, 0.2) is 15.9 Å². The standard InChI is InChI=1S/C14H22BrNS/c1-2-7-16-11-14(5-3-4-6-14)9-13-8-12(15)10-17-13/h8,10,16H,2-7,9,11H2,1H3. The van der Waals surface area contributed by atoms with Gasteiger partial charge in [-0.2, -0.15) is 0 Å². The minimum Gasteiger partial charge on any atom is -0.316 e. The Labute approximate surface area is 117 Å². The van der Waals surface area contributed by atoms with Gasteiger partial charge in [-0.3, -0.25) is 0 Å². The Kier molecular flexibility index (Phi) is 5.07. The predicted octanol–water partition coefficient (Wildman–Crippen LogP) is 4.61. The molecule has 1 aromatic heterocycles. The van der Waals surface area contributed by atoms with E-state index in [9.17, 15) is 0 Å². The van der Waals surface area contributed by atoms with Crippen LogP contribution in [0.3, 0.4) is 0 Å². The Morgan fingerprint density at radius 1 is 1.41 bits per heavy atom. The van der Waals surface area contributed by atoms with Gasteiger partial charge in [0.1, 0.15) is 0 Å². The van der Waals surface area contributed by atoms with Gasteiger partial charge in [-0.05, 0) is 59.6 Å². The summed E-state index contributed by atoms with van der Waals surface area (Å²) in [6, 6.07) is 2.30. The highest BCUT2D eigenvalue weighted by Crippen LogP contribution is 2.41. The lowest BCUT2D eigenvalue weighted by Crippen LogP contribution is -2.34. The molecule has 1 aromatic rings. The second-order valence-corrected chi connectivity index (χ2v) is 7.20. The normalized spacial score (nSPS) is 18.7. The molecule has 0 atom stereocenters.